The third-order valence-corrected chi connectivity index (χ3v) is 7.48. The maximum Gasteiger partial charge on any atom is 0.274 e. The van der Waals surface area contributed by atoms with Gasteiger partial charge < -0.3 is 15.1 Å². The highest BCUT2D eigenvalue weighted by atomic mass is 19.1. The molecule has 10 heteroatoms. The highest BCUT2D eigenvalue weighted by Crippen LogP contribution is 2.26. The van der Waals surface area contributed by atoms with Gasteiger partial charge in [-0.3, -0.25) is 24.0 Å². The molecule has 198 valence electrons. The first-order chi connectivity index (χ1) is 18.2. The molecule has 1 fully saturated rings. The quantitative estimate of drug-likeness (QED) is 0.540. The van der Waals surface area contributed by atoms with Crippen molar-refractivity contribution in [3.63, 3.8) is 0 Å². The fourth-order valence-electron chi connectivity index (χ4n) is 4.92. The lowest BCUT2D eigenvalue weighted by Crippen LogP contribution is -2.62. The molecule has 0 saturated carbocycles. The monoisotopic (exact) mass is 518 g/mol. The Kier molecular flexibility index (Phi) is 6.98. The molecule has 0 radical (unpaired) electrons. The van der Waals surface area contributed by atoms with Crippen LogP contribution in [-0.2, 0) is 24.4 Å². The Morgan fingerprint density at radius 3 is 2.37 bits per heavy atom. The molecule has 2 aliphatic rings. The first-order valence-corrected chi connectivity index (χ1v) is 12.7. The van der Waals surface area contributed by atoms with Gasteiger partial charge >= 0.3 is 0 Å². The first kappa shape index (κ1) is 25.6. The number of fused-ring (bicyclic) bond motifs is 1. The van der Waals surface area contributed by atoms with Crippen LogP contribution in [0.15, 0.2) is 60.7 Å². The first-order valence-electron chi connectivity index (χ1n) is 12.7. The van der Waals surface area contributed by atoms with Crippen LogP contribution < -0.4 is 5.32 Å². The molecule has 1 N–H and O–H groups in total. The van der Waals surface area contributed by atoms with E-state index in [1.54, 1.807) is 31.0 Å². The van der Waals surface area contributed by atoms with E-state index in [1.165, 1.54) is 33.3 Å². The van der Waals surface area contributed by atoms with Crippen molar-refractivity contribution in [1.82, 2.24) is 29.8 Å². The summed E-state index contributed by atoms with van der Waals surface area (Å²) >= 11 is 0. The summed E-state index contributed by atoms with van der Waals surface area (Å²) in [6, 6.07) is 17.6. The standard InChI is InChI=1S/C28H31FN6O3/c1-28(27(38)30-17-20-8-10-22(29)11-9-20)19-35-24(26(37)32(28)2)16-23(31-35)25(36)34-14-12-33(13-15-34)18-21-6-4-3-5-7-21/h3-11,16H,12-15,17-19H2,1-2H3,(H,30,38)/t28-/m0/s1. The van der Waals surface area contributed by atoms with Crippen LogP contribution in [0.2, 0.25) is 0 Å². The Hall–Kier alpha value is -4.05. The van der Waals surface area contributed by atoms with Crippen LogP contribution in [0, 0.1) is 5.82 Å². The van der Waals surface area contributed by atoms with E-state index in [1.807, 2.05) is 18.2 Å². The van der Waals surface area contributed by atoms with Gasteiger partial charge in [0.1, 0.15) is 17.1 Å². The van der Waals surface area contributed by atoms with Crippen molar-refractivity contribution in [1.29, 1.82) is 0 Å². The summed E-state index contributed by atoms with van der Waals surface area (Å²) < 4.78 is 14.6. The number of carbonyl (C=O) groups excluding carboxylic acids is 3. The fraction of sp³-hybridized carbons (Fsp3) is 0.357. The second-order valence-corrected chi connectivity index (χ2v) is 10.1. The number of amides is 3. The number of nitrogens with one attached hydrogen (secondary N) is 1. The number of rotatable bonds is 6. The fourth-order valence-corrected chi connectivity index (χ4v) is 4.92. The molecule has 0 aliphatic carbocycles. The lowest BCUT2D eigenvalue weighted by atomic mass is 9.96. The van der Waals surface area contributed by atoms with E-state index in [0.29, 0.717) is 13.1 Å². The van der Waals surface area contributed by atoms with Gasteiger partial charge in [-0.1, -0.05) is 42.5 Å². The highest BCUT2D eigenvalue weighted by molar-refractivity contribution is 6.01. The zero-order chi connectivity index (χ0) is 26.9. The summed E-state index contributed by atoms with van der Waals surface area (Å²) in [4.78, 5) is 45.1. The number of carbonyl (C=O) groups is 3. The van der Waals surface area contributed by atoms with Gasteiger partial charge in [0, 0.05) is 52.4 Å². The lowest BCUT2D eigenvalue weighted by molar-refractivity contribution is -0.132. The van der Waals surface area contributed by atoms with E-state index >= 15 is 0 Å². The molecule has 3 heterocycles. The highest BCUT2D eigenvalue weighted by Gasteiger charge is 2.46. The van der Waals surface area contributed by atoms with Crippen molar-refractivity contribution in [3.8, 4) is 0 Å². The second kappa shape index (κ2) is 10.4. The van der Waals surface area contributed by atoms with Gasteiger partial charge in [-0.2, -0.15) is 5.10 Å². The Bertz CT molecular complexity index is 1330. The third kappa shape index (κ3) is 5.04. The van der Waals surface area contributed by atoms with Crippen LogP contribution >= 0.6 is 0 Å². The smallest absolute Gasteiger partial charge is 0.274 e. The topological polar surface area (TPSA) is 90.8 Å². The molecule has 3 aromatic rings. The van der Waals surface area contributed by atoms with Crippen LogP contribution in [-0.4, -0.2) is 81.0 Å². The maximum absolute atomic E-state index is 13.2. The van der Waals surface area contributed by atoms with Crippen molar-refractivity contribution in [2.75, 3.05) is 33.2 Å². The SMILES string of the molecule is CN1C(=O)c2cc(C(=O)N3CCN(Cc4ccccc4)CC3)nn2C[C@@]1(C)C(=O)NCc1ccc(F)cc1. The van der Waals surface area contributed by atoms with Gasteiger partial charge in [0.25, 0.3) is 11.8 Å². The molecular formula is C28H31FN6O3. The predicted molar refractivity (Wildman–Crippen MR) is 139 cm³/mol. The molecule has 2 aromatic carbocycles. The number of hydrogen-bond acceptors (Lipinski definition) is 5. The minimum atomic E-state index is -1.21. The largest absolute Gasteiger partial charge is 0.350 e. The summed E-state index contributed by atoms with van der Waals surface area (Å²) in [7, 11) is 1.57. The van der Waals surface area contributed by atoms with Crippen LogP contribution in [0.1, 0.15) is 39.0 Å². The van der Waals surface area contributed by atoms with Gasteiger partial charge in [0.05, 0.1) is 6.54 Å². The number of nitrogens with zero attached hydrogens (tertiary/aromatic N) is 5. The number of aromatic nitrogens is 2. The van der Waals surface area contributed by atoms with Gasteiger partial charge in [-0.05, 0) is 30.2 Å². The van der Waals surface area contributed by atoms with Crippen molar-refractivity contribution in [3.05, 3.63) is 89.0 Å². The minimum Gasteiger partial charge on any atom is -0.350 e. The summed E-state index contributed by atoms with van der Waals surface area (Å²) in [5.41, 5.74) is 1.25. The maximum atomic E-state index is 13.2. The number of hydrogen-bond donors (Lipinski definition) is 1. The molecule has 3 amide bonds. The van der Waals surface area contributed by atoms with Gasteiger partial charge in [-0.15, -0.1) is 0 Å². The molecule has 0 bridgehead atoms. The van der Waals surface area contributed by atoms with E-state index in [9.17, 15) is 18.8 Å². The number of piperazine rings is 1. The van der Waals surface area contributed by atoms with Crippen molar-refractivity contribution >= 4 is 17.7 Å². The zero-order valence-electron chi connectivity index (χ0n) is 21.6. The van der Waals surface area contributed by atoms with Crippen LogP contribution in [0.25, 0.3) is 0 Å². The molecule has 0 spiro atoms. The average Bonchev–Trinajstić information content (AvgIpc) is 3.35. The van der Waals surface area contributed by atoms with Gasteiger partial charge in [-0.25, -0.2) is 4.39 Å². The number of likely N-dealkylation sites (N-methyl/N-ethyl adjacent to an activating group) is 1. The summed E-state index contributed by atoms with van der Waals surface area (Å²) in [5.74, 6) is -1.31. The average molecular weight is 519 g/mol. The molecule has 1 saturated heterocycles. The van der Waals surface area contributed by atoms with E-state index in [-0.39, 0.29) is 48.0 Å². The number of halogens is 1. The Labute approximate surface area is 220 Å². The molecule has 5 rings (SSSR count). The van der Waals surface area contributed by atoms with Crippen LogP contribution in [0.3, 0.4) is 0 Å². The molecule has 1 atom stereocenters. The molecule has 2 aliphatic heterocycles. The normalized spacial score (nSPS) is 19.8. The Balaban J connectivity index is 1.23. The van der Waals surface area contributed by atoms with Crippen LogP contribution in [0.4, 0.5) is 4.39 Å². The van der Waals surface area contributed by atoms with Crippen molar-refractivity contribution in [2.45, 2.75) is 32.1 Å². The molecular weight excluding hydrogens is 487 g/mol. The Morgan fingerprint density at radius 1 is 1.00 bits per heavy atom. The van der Waals surface area contributed by atoms with E-state index in [0.717, 1.165) is 25.2 Å². The summed E-state index contributed by atoms with van der Waals surface area (Å²) in [5, 5.41) is 7.28. The van der Waals surface area contributed by atoms with Gasteiger partial charge in [0.2, 0.25) is 5.91 Å². The van der Waals surface area contributed by atoms with E-state index in [2.05, 4.69) is 27.4 Å². The van der Waals surface area contributed by atoms with E-state index < -0.39 is 5.54 Å². The van der Waals surface area contributed by atoms with Gasteiger partial charge in [0.15, 0.2) is 5.69 Å². The van der Waals surface area contributed by atoms with Crippen molar-refractivity contribution in [2.24, 2.45) is 0 Å². The number of benzene rings is 2. The molecule has 38 heavy (non-hydrogen) atoms. The lowest BCUT2D eigenvalue weighted by Gasteiger charge is -2.40. The molecule has 9 nitrogen and oxygen atoms in total. The summed E-state index contributed by atoms with van der Waals surface area (Å²) in [6.07, 6.45) is 0. The second-order valence-electron chi connectivity index (χ2n) is 10.1. The molecule has 1 aromatic heterocycles. The van der Waals surface area contributed by atoms with Crippen molar-refractivity contribution < 1.29 is 18.8 Å². The Morgan fingerprint density at radius 2 is 1.68 bits per heavy atom. The van der Waals surface area contributed by atoms with Crippen LogP contribution in [0.5, 0.6) is 0 Å². The third-order valence-electron chi connectivity index (χ3n) is 7.48. The minimum absolute atomic E-state index is 0.109. The summed E-state index contributed by atoms with van der Waals surface area (Å²) in [6.45, 7) is 5.47. The zero-order valence-corrected chi connectivity index (χ0v) is 21.6. The van der Waals surface area contributed by atoms with E-state index in [4.69, 9.17) is 0 Å². The predicted octanol–water partition coefficient (Wildman–Crippen LogP) is 2.14. The molecule has 0 unspecified atom stereocenters.